The first-order valence-electron chi connectivity index (χ1n) is 12.8. The molecule has 3 atom stereocenters. The molecule has 0 radical (unpaired) electrons. The largest absolute Gasteiger partial charge is 0.349 e. The van der Waals surface area contributed by atoms with Crippen molar-refractivity contribution in [3.8, 4) is 6.07 Å². The molecule has 3 heterocycles. The zero-order valence-corrected chi connectivity index (χ0v) is 21.1. The Kier molecular flexibility index (Phi) is 6.33. The second-order valence-corrected chi connectivity index (χ2v) is 10.0. The lowest BCUT2D eigenvalue weighted by Gasteiger charge is -2.49. The lowest BCUT2D eigenvalue weighted by Crippen LogP contribution is -2.59. The molecule has 1 unspecified atom stereocenters. The van der Waals surface area contributed by atoms with Gasteiger partial charge < -0.3 is 4.90 Å². The van der Waals surface area contributed by atoms with Gasteiger partial charge in [-0.1, -0.05) is 38.1 Å². The van der Waals surface area contributed by atoms with Crippen LogP contribution in [0, 0.1) is 11.3 Å². The highest BCUT2D eigenvalue weighted by molar-refractivity contribution is 5.86. The number of benzene rings is 1. The normalized spacial score (nSPS) is 21.7. The van der Waals surface area contributed by atoms with Gasteiger partial charge in [-0.05, 0) is 61.8 Å². The summed E-state index contributed by atoms with van der Waals surface area (Å²) in [6.07, 6.45) is 4.57. The quantitative estimate of drug-likeness (QED) is 0.527. The summed E-state index contributed by atoms with van der Waals surface area (Å²) in [6.45, 7) is 8.38. The molecule has 0 spiro atoms. The van der Waals surface area contributed by atoms with E-state index in [-0.39, 0.29) is 11.7 Å². The van der Waals surface area contributed by atoms with Crippen LogP contribution < -0.4 is 10.6 Å². The number of pyridine rings is 1. The van der Waals surface area contributed by atoms with Crippen molar-refractivity contribution >= 4 is 16.9 Å². The Labute approximate surface area is 207 Å². The summed E-state index contributed by atoms with van der Waals surface area (Å²) in [7, 11) is 1.70. The minimum atomic E-state index is -0.298. The molecular weight excluding hydrogens is 436 g/mol. The van der Waals surface area contributed by atoms with Crippen LogP contribution in [0.1, 0.15) is 75.2 Å². The molecule has 1 aliphatic carbocycles. The fourth-order valence-corrected chi connectivity index (χ4v) is 5.54. The first-order valence-corrected chi connectivity index (χ1v) is 12.8. The Balaban J connectivity index is 1.49. The molecule has 182 valence electrons. The van der Waals surface area contributed by atoms with E-state index in [9.17, 15) is 10.1 Å². The smallest absolute Gasteiger partial charge is 0.349 e. The number of rotatable bonds is 6. The van der Waals surface area contributed by atoms with Gasteiger partial charge in [-0.2, -0.15) is 10.2 Å². The summed E-state index contributed by atoms with van der Waals surface area (Å²) in [6, 6.07) is 15.6. The standard InChI is InChI=1S/C28H34N6O/c1-5-23-17-34(27-26-25(32(4)28(35)31-27)14-13-22(15-29)30-26)24(6-2)16-33(23)18(3)19-7-9-20(10-8-19)21-11-12-21/h7-10,13-14,18,21,23-24H,5-6,11-12,16-17H2,1-4H3/t18?,23-,24+/m1/s1. The molecule has 1 saturated heterocycles. The highest BCUT2D eigenvalue weighted by Crippen LogP contribution is 2.40. The molecule has 2 fully saturated rings. The van der Waals surface area contributed by atoms with E-state index >= 15 is 0 Å². The van der Waals surface area contributed by atoms with Crippen LogP contribution in [0.25, 0.3) is 11.0 Å². The monoisotopic (exact) mass is 470 g/mol. The van der Waals surface area contributed by atoms with Crippen LogP contribution in [0.15, 0.2) is 41.2 Å². The number of hydrogen-bond donors (Lipinski definition) is 0. The second kappa shape index (κ2) is 9.43. The Morgan fingerprint density at radius 1 is 1.03 bits per heavy atom. The number of anilines is 1. The molecule has 0 amide bonds. The minimum absolute atomic E-state index is 0.196. The fourth-order valence-electron chi connectivity index (χ4n) is 5.54. The van der Waals surface area contributed by atoms with E-state index in [2.05, 4.69) is 70.9 Å². The molecule has 1 saturated carbocycles. The SMILES string of the molecule is CC[C@H]1CN(C(C)c2ccc(C3CC3)cc2)[C@H](CC)CN1c1nc(=O)n(C)c2ccc(C#N)nc12. The molecule has 7 heteroatoms. The first kappa shape index (κ1) is 23.5. The zero-order chi connectivity index (χ0) is 24.7. The van der Waals surface area contributed by atoms with Crippen molar-refractivity contribution < 1.29 is 0 Å². The third-order valence-electron chi connectivity index (χ3n) is 7.97. The minimum Gasteiger partial charge on any atom is -0.349 e. The molecule has 0 N–H and O–H groups in total. The summed E-state index contributed by atoms with van der Waals surface area (Å²) >= 11 is 0. The molecule has 35 heavy (non-hydrogen) atoms. The van der Waals surface area contributed by atoms with Gasteiger partial charge in [0.2, 0.25) is 0 Å². The average molecular weight is 471 g/mol. The molecular formula is C28H34N6O. The number of aryl methyl sites for hydroxylation is 1. The van der Waals surface area contributed by atoms with E-state index < -0.39 is 0 Å². The van der Waals surface area contributed by atoms with Gasteiger partial charge in [0.1, 0.15) is 17.3 Å². The van der Waals surface area contributed by atoms with Crippen molar-refractivity contribution in [3.63, 3.8) is 0 Å². The Morgan fingerprint density at radius 2 is 1.74 bits per heavy atom. The van der Waals surface area contributed by atoms with E-state index in [1.165, 1.54) is 28.5 Å². The van der Waals surface area contributed by atoms with Gasteiger partial charge in [-0.15, -0.1) is 0 Å². The third-order valence-corrected chi connectivity index (χ3v) is 7.97. The third kappa shape index (κ3) is 4.32. The number of fused-ring (bicyclic) bond motifs is 1. The molecule has 0 bridgehead atoms. The number of piperazine rings is 1. The molecule has 5 rings (SSSR count). The van der Waals surface area contributed by atoms with Crippen LogP contribution in [0.5, 0.6) is 0 Å². The molecule has 2 aromatic heterocycles. The van der Waals surface area contributed by atoms with Gasteiger partial charge in [0.25, 0.3) is 0 Å². The van der Waals surface area contributed by atoms with Gasteiger partial charge >= 0.3 is 5.69 Å². The van der Waals surface area contributed by atoms with Crippen molar-refractivity contribution in [1.82, 2.24) is 19.4 Å². The number of nitrogens with zero attached hydrogens (tertiary/aromatic N) is 6. The molecule has 1 aliphatic heterocycles. The van der Waals surface area contributed by atoms with Crippen LogP contribution >= 0.6 is 0 Å². The average Bonchev–Trinajstić information content (AvgIpc) is 3.75. The molecule has 7 nitrogen and oxygen atoms in total. The Hall–Kier alpha value is -3.24. The summed E-state index contributed by atoms with van der Waals surface area (Å²) in [5.41, 5.74) is 4.19. The lowest BCUT2D eigenvalue weighted by molar-refractivity contribution is 0.101. The van der Waals surface area contributed by atoms with Crippen LogP contribution in [0.3, 0.4) is 0 Å². The van der Waals surface area contributed by atoms with Gasteiger partial charge in [-0.3, -0.25) is 9.47 Å². The predicted octanol–water partition coefficient (Wildman–Crippen LogP) is 4.52. The van der Waals surface area contributed by atoms with Gasteiger partial charge in [0, 0.05) is 38.3 Å². The van der Waals surface area contributed by atoms with E-state index in [0.29, 0.717) is 34.6 Å². The maximum atomic E-state index is 12.8. The second-order valence-electron chi connectivity index (χ2n) is 10.0. The van der Waals surface area contributed by atoms with Crippen molar-refractivity contribution in [2.45, 2.75) is 70.5 Å². The molecule has 1 aromatic carbocycles. The van der Waals surface area contributed by atoms with Crippen LogP contribution in [0.2, 0.25) is 0 Å². The van der Waals surface area contributed by atoms with Crippen LogP contribution in [-0.2, 0) is 7.05 Å². The number of nitriles is 1. The van der Waals surface area contributed by atoms with Gasteiger partial charge in [-0.25, -0.2) is 9.78 Å². The van der Waals surface area contributed by atoms with E-state index in [1.807, 2.05) is 0 Å². The maximum absolute atomic E-state index is 12.8. The van der Waals surface area contributed by atoms with E-state index in [4.69, 9.17) is 0 Å². The van der Waals surface area contributed by atoms with E-state index in [1.54, 1.807) is 19.2 Å². The zero-order valence-electron chi connectivity index (χ0n) is 21.1. The van der Waals surface area contributed by atoms with Crippen LogP contribution in [-0.4, -0.2) is 44.6 Å². The van der Waals surface area contributed by atoms with Crippen molar-refractivity contribution in [2.24, 2.45) is 7.05 Å². The Morgan fingerprint density at radius 3 is 2.37 bits per heavy atom. The van der Waals surface area contributed by atoms with Gasteiger partial charge in [0.05, 0.1) is 5.52 Å². The highest BCUT2D eigenvalue weighted by Gasteiger charge is 2.37. The number of aromatic nitrogens is 3. The maximum Gasteiger partial charge on any atom is 0.349 e. The summed E-state index contributed by atoms with van der Waals surface area (Å²) in [5, 5.41) is 9.43. The first-order chi connectivity index (χ1) is 16.9. The van der Waals surface area contributed by atoms with Crippen LogP contribution in [0.4, 0.5) is 5.82 Å². The summed E-state index contributed by atoms with van der Waals surface area (Å²) in [5.74, 6) is 1.37. The predicted molar refractivity (Wildman–Crippen MR) is 139 cm³/mol. The molecule has 3 aromatic rings. The Bertz CT molecular complexity index is 1320. The summed E-state index contributed by atoms with van der Waals surface area (Å²) < 4.78 is 1.51. The van der Waals surface area contributed by atoms with Crippen molar-refractivity contribution in [3.05, 3.63) is 63.7 Å². The van der Waals surface area contributed by atoms with E-state index in [0.717, 1.165) is 31.8 Å². The van der Waals surface area contributed by atoms with Crippen molar-refractivity contribution in [2.75, 3.05) is 18.0 Å². The van der Waals surface area contributed by atoms with Gasteiger partial charge in [0.15, 0.2) is 5.82 Å². The topological polar surface area (TPSA) is 78.0 Å². The van der Waals surface area contributed by atoms with Crippen molar-refractivity contribution in [1.29, 1.82) is 5.26 Å². The summed E-state index contributed by atoms with van der Waals surface area (Å²) in [4.78, 5) is 26.7. The molecule has 2 aliphatic rings. The highest BCUT2D eigenvalue weighted by atomic mass is 16.1. The fraction of sp³-hybridized carbons (Fsp3) is 0.500. The lowest BCUT2D eigenvalue weighted by atomic mass is 9.96. The number of hydrogen-bond acceptors (Lipinski definition) is 6.